The van der Waals surface area contributed by atoms with E-state index in [4.69, 9.17) is 9.47 Å². The summed E-state index contributed by atoms with van der Waals surface area (Å²) in [4.78, 5) is 0. The standard InChI is InChI=1S/C38H22F12O2/c1-51-33-29(21-11-23(35(39,40)41)17-24(12-21)36(42,43)44)15-19-7-3-5-9-27(19)31(33)32-28-10-6-4-8-20(28)16-30(34(32)52-2)22-13-25(37(45,46)47)18-26(14-22)38(48,49)50/h3-18H,1-2H3. The van der Waals surface area contributed by atoms with Crippen LogP contribution in [0.2, 0.25) is 0 Å². The van der Waals surface area contributed by atoms with E-state index in [0.29, 0.717) is 45.8 Å². The van der Waals surface area contributed by atoms with Gasteiger partial charge in [-0.15, -0.1) is 0 Å². The van der Waals surface area contributed by atoms with Crippen LogP contribution in [0.5, 0.6) is 11.5 Å². The number of rotatable bonds is 5. The molecule has 270 valence electrons. The summed E-state index contributed by atoms with van der Waals surface area (Å²) in [5, 5.41) is 1.25. The molecule has 0 bridgehead atoms. The van der Waals surface area contributed by atoms with Crippen LogP contribution in [0.15, 0.2) is 97.1 Å². The summed E-state index contributed by atoms with van der Waals surface area (Å²) in [6.07, 6.45) is -20.7. The van der Waals surface area contributed by atoms with Crippen LogP contribution in [0.4, 0.5) is 52.7 Å². The first kappa shape index (κ1) is 36.4. The van der Waals surface area contributed by atoms with Gasteiger partial charge in [0.15, 0.2) is 0 Å². The lowest BCUT2D eigenvalue weighted by Crippen LogP contribution is -2.11. The molecule has 0 spiro atoms. The summed E-state index contributed by atoms with van der Waals surface area (Å²) < 4.78 is 179. The van der Waals surface area contributed by atoms with Gasteiger partial charge in [0.05, 0.1) is 36.5 Å². The Morgan fingerprint density at radius 1 is 0.385 bits per heavy atom. The maximum Gasteiger partial charge on any atom is 0.416 e. The van der Waals surface area contributed by atoms with Crippen molar-refractivity contribution in [2.45, 2.75) is 24.7 Å². The van der Waals surface area contributed by atoms with Crippen molar-refractivity contribution in [3.8, 4) is 44.9 Å². The van der Waals surface area contributed by atoms with Crippen molar-refractivity contribution in [1.82, 2.24) is 0 Å². The van der Waals surface area contributed by atoms with E-state index < -0.39 is 58.1 Å². The molecule has 6 aromatic carbocycles. The van der Waals surface area contributed by atoms with Crippen LogP contribution in [-0.4, -0.2) is 14.2 Å². The lowest BCUT2D eigenvalue weighted by molar-refractivity contribution is -0.144. The number of ether oxygens (including phenoxy) is 2. The van der Waals surface area contributed by atoms with Crippen LogP contribution < -0.4 is 9.47 Å². The molecule has 0 amide bonds. The van der Waals surface area contributed by atoms with Crippen molar-refractivity contribution in [2.75, 3.05) is 14.2 Å². The molecule has 0 aliphatic heterocycles. The van der Waals surface area contributed by atoms with E-state index in [2.05, 4.69) is 0 Å². The van der Waals surface area contributed by atoms with Crippen molar-refractivity contribution in [3.05, 3.63) is 119 Å². The monoisotopic (exact) mass is 738 g/mol. The average molecular weight is 739 g/mol. The molecule has 14 heteroatoms. The molecule has 0 radical (unpaired) electrons. The Morgan fingerprint density at radius 3 is 0.942 bits per heavy atom. The molecule has 0 saturated carbocycles. The third-order valence-electron chi connectivity index (χ3n) is 8.46. The van der Waals surface area contributed by atoms with Crippen LogP contribution in [-0.2, 0) is 24.7 Å². The zero-order valence-corrected chi connectivity index (χ0v) is 26.6. The summed E-state index contributed by atoms with van der Waals surface area (Å²) in [5.41, 5.74) is -7.79. The van der Waals surface area contributed by atoms with Gasteiger partial charge in [0, 0.05) is 22.3 Å². The molecule has 0 aromatic heterocycles. The van der Waals surface area contributed by atoms with Gasteiger partial charge < -0.3 is 9.47 Å². The van der Waals surface area contributed by atoms with E-state index in [9.17, 15) is 52.7 Å². The first-order valence-electron chi connectivity index (χ1n) is 15.0. The Labute approximate surface area is 286 Å². The summed E-state index contributed by atoms with van der Waals surface area (Å²) in [6, 6.07) is 17.2. The van der Waals surface area contributed by atoms with Gasteiger partial charge in [-0.3, -0.25) is 0 Å². The molecule has 6 rings (SSSR count). The summed E-state index contributed by atoms with van der Waals surface area (Å²) >= 11 is 0. The normalized spacial score (nSPS) is 12.8. The summed E-state index contributed by atoms with van der Waals surface area (Å²) in [5.74, 6) is -0.487. The second kappa shape index (κ2) is 12.7. The Hall–Kier alpha value is -5.40. The number of methoxy groups -OCH3 is 2. The second-order valence-corrected chi connectivity index (χ2v) is 11.7. The molecule has 0 atom stereocenters. The van der Waals surface area contributed by atoms with Gasteiger partial charge >= 0.3 is 24.7 Å². The van der Waals surface area contributed by atoms with Gasteiger partial charge in [-0.25, -0.2) is 0 Å². The number of fused-ring (bicyclic) bond motifs is 2. The van der Waals surface area contributed by atoms with Crippen LogP contribution in [0, 0.1) is 0 Å². The largest absolute Gasteiger partial charge is 0.495 e. The van der Waals surface area contributed by atoms with Crippen molar-refractivity contribution in [3.63, 3.8) is 0 Å². The molecule has 0 heterocycles. The molecular formula is C38H22F12O2. The fraction of sp³-hybridized carbons (Fsp3) is 0.158. The predicted octanol–water partition coefficient (Wildman–Crippen LogP) is 13.1. The van der Waals surface area contributed by atoms with E-state index >= 15 is 0 Å². The maximum absolute atomic E-state index is 14.0. The fourth-order valence-electron chi connectivity index (χ4n) is 6.23. The molecule has 0 N–H and O–H groups in total. The van der Waals surface area contributed by atoms with Crippen LogP contribution in [0.25, 0.3) is 54.9 Å². The first-order valence-corrected chi connectivity index (χ1v) is 15.0. The zero-order chi connectivity index (χ0) is 38.0. The molecular weight excluding hydrogens is 716 g/mol. The first-order chi connectivity index (χ1) is 24.2. The highest BCUT2D eigenvalue weighted by Gasteiger charge is 2.39. The summed E-state index contributed by atoms with van der Waals surface area (Å²) in [6.45, 7) is 0. The van der Waals surface area contributed by atoms with E-state index in [1.54, 1.807) is 36.4 Å². The van der Waals surface area contributed by atoms with E-state index in [1.807, 2.05) is 0 Å². The quantitative estimate of drug-likeness (QED) is 0.164. The molecule has 2 nitrogen and oxygen atoms in total. The van der Waals surface area contributed by atoms with Crippen LogP contribution in [0.3, 0.4) is 0 Å². The smallest absolute Gasteiger partial charge is 0.416 e. The molecule has 6 aromatic rings. The number of halogens is 12. The lowest BCUT2D eigenvalue weighted by Gasteiger charge is -2.23. The Kier molecular flexibility index (Phi) is 8.87. The highest BCUT2D eigenvalue weighted by Crippen LogP contribution is 2.53. The molecule has 0 aliphatic rings. The number of hydrogen-bond acceptors (Lipinski definition) is 2. The Morgan fingerprint density at radius 2 is 0.673 bits per heavy atom. The number of hydrogen-bond donors (Lipinski definition) is 0. The predicted molar refractivity (Wildman–Crippen MR) is 171 cm³/mol. The van der Waals surface area contributed by atoms with E-state index in [-0.39, 0.29) is 45.9 Å². The SMILES string of the molecule is COc1c(-c2cc(C(F)(F)F)cc(C(F)(F)F)c2)cc2ccccc2c1-c1c(OC)c(-c2cc(C(F)(F)F)cc(C(F)(F)F)c2)cc2ccccc12. The van der Waals surface area contributed by atoms with Crippen molar-refractivity contribution >= 4 is 21.5 Å². The van der Waals surface area contributed by atoms with Gasteiger partial charge in [0.1, 0.15) is 11.5 Å². The minimum Gasteiger partial charge on any atom is -0.495 e. The second-order valence-electron chi connectivity index (χ2n) is 11.7. The minimum atomic E-state index is -5.18. The van der Waals surface area contributed by atoms with Gasteiger partial charge in [-0.1, -0.05) is 48.5 Å². The van der Waals surface area contributed by atoms with Crippen molar-refractivity contribution in [1.29, 1.82) is 0 Å². The molecule has 0 saturated heterocycles. The summed E-state index contributed by atoms with van der Waals surface area (Å²) in [7, 11) is 2.24. The Bertz CT molecular complexity index is 2100. The van der Waals surface area contributed by atoms with Gasteiger partial charge in [-0.2, -0.15) is 52.7 Å². The minimum absolute atomic E-state index is 0.0256. The maximum atomic E-state index is 14.0. The highest BCUT2D eigenvalue weighted by molar-refractivity contribution is 6.14. The number of benzene rings is 6. The average Bonchev–Trinajstić information content (AvgIpc) is 3.08. The molecule has 0 aliphatic carbocycles. The third kappa shape index (κ3) is 6.69. The van der Waals surface area contributed by atoms with E-state index in [1.165, 1.54) is 24.3 Å². The molecule has 52 heavy (non-hydrogen) atoms. The van der Waals surface area contributed by atoms with Gasteiger partial charge in [-0.05, 0) is 81.2 Å². The fourth-order valence-corrected chi connectivity index (χ4v) is 6.23. The van der Waals surface area contributed by atoms with Crippen molar-refractivity contribution in [2.24, 2.45) is 0 Å². The van der Waals surface area contributed by atoms with Crippen molar-refractivity contribution < 1.29 is 62.2 Å². The topological polar surface area (TPSA) is 18.5 Å². The number of alkyl halides is 12. The van der Waals surface area contributed by atoms with Crippen LogP contribution in [0.1, 0.15) is 22.3 Å². The van der Waals surface area contributed by atoms with E-state index in [0.717, 1.165) is 14.2 Å². The third-order valence-corrected chi connectivity index (χ3v) is 8.46. The molecule has 0 fully saturated rings. The lowest BCUT2D eigenvalue weighted by atomic mass is 9.85. The highest BCUT2D eigenvalue weighted by atomic mass is 19.4. The van der Waals surface area contributed by atoms with Gasteiger partial charge in [0.2, 0.25) is 0 Å². The Balaban J connectivity index is 1.80. The molecule has 0 unspecified atom stereocenters. The van der Waals surface area contributed by atoms with Gasteiger partial charge in [0.25, 0.3) is 0 Å². The zero-order valence-electron chi connectivity index (χ0n) is 26.6. The van der Waals surface area contributed by atoms with Crippen LogP contribution >= 0.6 is 0 Å².